The number of benzene rings is 1. The minimum absolute atomic E-state index is 0.0702. The first kappa shape index (κ1) is 29.7. The maximum Gasteiger partial charge on any atom is 0.318 e. The molecular formula is C32H38O7. The van der Waals surface area contributed by atoms with E-state index in [4.69, 9.17) is 4.42 Å². The third-order valence-electron chi connectivity index (χ3n) is 7.10. The van der Waals surface area contributed by atoms with Gasteiger partial charge < -0.3 is 24.8 Å². The highest BCUT2D eigenvalue weighted by Gasteiger charge is 2.48. The van der Waals surface area contributed by atoms with E-state index in [9.17, 15) is 30.0 Å². The molecule has 7 heteroatoms. The van der Waals surface area contributed by atoms with Crippen LogP contribution >= 0.6 is 0 Å². The second-order valence-electron chi connectivity index (χ2n) is 10.9. The SMILES string of the molecule is C=C(C)C1=C[C@](C/C=C(\C)CCC=C(C)C)(C(=O)O)c2c(oc3c(CC=C(C)C)c(O)cc(O)c3c2=O)[C@@H]1O. The van der Waals surface area contributed by atoms with Crippen LogP contribution in [-0.2, 0) is 16.6 Å². The van der Waals surface area contributed by atoms with Gasteiger partial charge in [0, 0.05) is 11.6 Å². The summed E-state index contributed by atoms with van der Waals surface area (Å²) in [4.78, 5) is 27.1. The molecule has 0 saturated heterocycles. The molecule has 0 unspecified atom stereocenters. The minimum atomic E-state index is -1.88. The van der Waals surface area contributed by atoms with Crippen molar-refractivity contribution in [1.82, 2.24) is 0 Å². The first-order valence-electron chi connectivity index (χ1n) is 13.0. The molecule has 39 heavy (non-hydrogen) atoms. The summed E-state index contributed by atoms with van der Waals surface area (Å²) in [5, 5.41) is 43.0. The third kappa shape index (κ3) is 5.78. The topological polar surface area (TPSA) is 128 Å². The van der Waals surface area contributed by atoms with Gasteiger partial charge in [0.05, 0.1) is 5.56 Å². The number of hydrogen-bond acceptors (Lipinski definition) is 6. The van der Waals surface area contributed by atoms with Crippen LogP contribution in [0.1, 0.15) is 83.8 Å². The van der Waals surface area contributed by atoms with Crippen molar-refractivity contribution in [1.29, 1.82) is 0 Å². The van der Waals surface area contributed by atoms with Crippen LogP contribution in [0.15, 0.2) is 74.0 Å². The fourth-order valence-corrected chi connectivity index (χ4v) is 4.88. The van der Waals surface area contributed by atoms with Crippen LogP contribution < -0.4 is 5.43 Å². The fraction of sp³-hybridized carbons (Fsp3) is 0.375. The van der Waals surface area contributed by atoms with Gasteiger partial charge in [-0.3, -0.25) is 9.59 Å². The van der Waals surface area contributed by atoms with Crippen molar-refractivity contribution >= 4 is 16.9 Å². The molecule has 3 rings (SSSR count). The van der Waals surface area contributed by atoms with E-state index in [0.29, 0.717) is 12.0 Å². The normalized spacial score (nSPS) is 18.8. The Morgan fingerprint density at radius 3 is 2.26 bits per heavy atom. The van der Waals surface area contributed by atoms with Crippen LogP contribution in [0.5, 0.6) is 11.5 Å². The van der Waals surface area contributed by atoms with Crippen LogP contribution in [0.2, 0.25) is 0 Å². The van der Waals surface area contributed by atoms with Crippen molar-refractivity contribution < 1.29 is 29.6 Å². The summed E-state index contributed by atoms with van der Waals surface area (Å²) >= 11 is 0. The Labute approximate surface area is 228 Å². The molecule has 1 aliphatic rings. The fourth-order valence-electron chi connectivity index (χ4n) is 4.88. The third-order valence-corrected chi connectivity index (χ3v) is 7.10. The molecule has 0 saturated carbocycles. The summed E-state index contributed by atoms with van der Waals surface area (Å²) in [7, 11) is 0. The number of carbonyl (C=O) groups is 1. The van der Waals surface area contributed by atoms with Gasteiger partial charge in [-0.1, -0.05) is 53.2 Å². The molecular weight excluding hydrogens is 496 g/mol. The van der Waals surface area contributed by atoms with Gasteiger partial charge in [0.2, 0.25) is 5.43 Å². The zero-order valence-electron chi connectivity index (χ0n) is 23.5. The molecule has 2 aromatic rings. The number of carboxylic acids is 1. The average Bonchev–Trinajstić information content (AvgIpc) is 2.82. The van der Waals surface area contributed by atoms with Crippen LogP contribution in [0.3, 0.4) is 0 Å². The quantitative estimate of drug-likeness (QED) is 0.265. The number of rotatable bonds is 9. The number of aliphatic carboxylic acids is 1. The van der Waals surface area contributed by atoms with E-state index in [0.717, 1.165) is 23.6 Å². The Morgan fingerprint density at radius 1 is 1.05 bits per heavy atom. The van der Waals surface area contributed by atoms with E-state index in [1.165, 1.54) is 11.6 Å². The number of aromatic hydroxyl groups is 2. The van der Waals surface area contributed by atoms with Crippen molar-refractivity contribution in [3.63, 3.8) is 0 Å². The molecule has 1 aromatic heterocycles. The van der Waals surface area contributed by atoms with E-state index >= 15 is 0 Å². The lowest BCUT2D eigenvalue weighted by Crippen LogP contribution is -2.42. The Balaban J connectivity index is 2.38. The number of fused-ring (bicyclic) bond motifs is 2. The van der Waals surface area contributed by atoms with E-state index < -0.39 is 28.7 Å². The second kappa shape index (κ2) is 11.5. The van der Waals surface area contributed by atoms with E-state index in [-0.39, 0.29) is 52.0 Å². The molecule has 7 nitrogen and oxygen atoms in total. The van der Waals surface area contributed by atoms with E-state index in [1.54, 1.807) is 13.0 Å². The van der Waals surface area contributed by atoms with Gasteiger partial charge in [-0.25, -0.2) is 0 Å². The number of carboxylic acid groups (broad SMARTS) is 1. The Morgan fingerprint density at radius 2 is 1.69 bits per heavy atom. The minimum Gasteiger partial charge on any atom is -0.507 e. The maximum atomic E-state index is 14.1. The van der Waals surface area contributed by atoms with E-state index in [1.807, 2.05) is 40.7 Å². The first-order valence-corrected chi connectivity index (χ1v) is 13.0. The lowest BCUT2D eigenvalue weighted by Gasteiger charge is -2.34. The van der Waals surface area contributed by atoms with Crippen molar-refractivity contribution in [3.8, 4) is 11.5 Å². The van der Waals surface area contributed by atoms with Gasteiger partial charge >= 0.3 is 5.97 Å². The lowest BCUT2D eigenvalue weighted by atomic mass is 9.69. The molecule has 2 atom stereocenters. The molecule has 0 fully saturated rings. The molecule has 1 heterocycles. The van der Waals surface area contributed by atoms with Crippen LogP contribution in [0.25, 0.3) is 11.0 Å². The average molecular weight is 535 g/mol. The van der Waals surface area contributed by atoms with Gasteiger partial charge in [0.1, 0.15) is 39.7 Å². The van der Waals surface area contributed by atoms with Crippen molar-refractivity contribution in [2.45, 2.75) is 78.7 Å². The number of aliphatic hydroxyl groups is 1. The summed E-state index contributed by atoms with van der Waals surface area (Å²) in [5.74, 6) is -2.33. The number of phenols is 2. The highest BCUT2D eigenvalue weighted by molar-refractivity contribution is 5.92. The van der Waals surface area contributed by atoms with Crippen molar-refractivity contribution in [2.24, 2.45) is 0 Å². The number of allylic oxidation sites excluding steroid dienone is 6. The Bertz CT molecular complexity index is 1510. The Hall–Kier alpha value is -3.84. The van der Waals surface area contributed by atoms with Crippen molar-refractivity contribution in [2.75, 3.05) is 0 Å². The zero-order valence-corrected chi connectivity index (χ0v) is 23.5. The molecule has 1 aromatic carbocycles. The molecule has 208 valence electrons. The standard InChI is InChI=1S/C32H38O7/c1-17(2)9-8-10-20(7)13-14-32(31(37)38)16-22(19(5)6)27(35)30-26(32)28(36)25-24(34)15-23(33)21(29(25)39-30)12-11-18(3)4/h9,11,13,15-16,27,33-35H,5,8,10,12,14H2,1-4,6-7H3,(H,37,38)/b20-13+/t27-,32+/m1/s1. The predicted octanol–water partition coefficient (Wildman–Crippen LogP) is 6.67. The summed E-state index contributed by atoms with van der Waals surface area (Å²) in [6.45, 7) is 15.2. The summed E-state index contributed by atoms with van der Waals surface area (Å²) in [5.41, 5.74) is 1.02. The molecule has 1 aliphatic carbocycles. The van der Waals surface area contributed by atoms with Crippen LogP contribution in [-0.4, -0.2) is 26.4 Å². The van der Waals surface area contributed by atoms with Gasteiger partial charge in [-0.2, -0.15) is 0 Å². The molecule has 0 amide bonds. The van der Waals surface area contributed by atoms with Gasteiger partial charge in [-0.15, -0.1) is 0 Å². The summed E-state index contributed by atoms with van der Waals surface area (Å²) < 4.78 is 6.11. The summed E-state index contributed by atoms with van der Waals surface area (Å²) in [6, 6.07) is 1.06. The molecule has 0 aliphatic heterocycles. The summed E-state index contributed by atoms with van der Waals surface area (Å²) in [6.07, 6.45) is 7.29. The number of aliphatic hydroxyl groups excluding tert-OH is 1. The number of phenolic OH excluding ortho intramolecular Hbond substituents is 2. The second-order valence-corrected chi connectivity index (χ2v) is 10.9. The van der Waals surface area contributed by atoms with Gasteiger partial charge in [0.25, 0.3) is 0 Å². The predicted molar refractivity (Wildman–Crippen MR) is 153 cm³/mol. The first-order chi connectivity index (χ1) is 18.2. The Kier molecular flexibility index (Phi) is 8.76. The largest absolute Gasteiger partial charge is 0.507 e. The van der Waals surface area contributed by atoms with Gasteiger partial charge in [0.15, 0.2) is 0 Å². The maximum absolute atomic E-state index is 14.1. The van der Waals surface area contributed by atoms with Gasteiger partial charge in [-0.05, 0) is 72.8 Å². The van der Waals surface area contributed by atoms with E-state index in [2.05, 4.69) is 12.7 Å². The molecule has 0 bridgehead atoms. The monoisotopic (exact) mass is 534 g/mol. The molecule has 0 radical (unpaired) electrons. The number of hydrogen-bond donors (Lipinski definition) is 4. The molecule has 4 N–H and O–H groups in total. The molecule has 0 spiro atoms. The smallest absolute Gasteiger partial charge is 0.318 e. The lowest BCUT2D eigenvalue weighted by molar-refractivity contribution is -0.142. The van der Waals surface area contributed by atoms with Crippen molar-refractivity contribution in [3.05, 3.63) is 91.9 Å². The van der Waals surface area contributed by atoms with Crippen LogP contribution in [0, 0.1) is 0 Å². The van der Waals surface area contributed by atoms with Crippen LogP contribution in [0.4, 0.5) is 0 Å². The highest BCUT2D eigenvalue weighted by Crippen LogP contribution is 2.46. The zero-order chi connectivity index (χ0) is 29.2. The highest BCUT2D eigenvalue weighted by atomic mass is 16.4.